The van der Waals surface area contributed by atoms with E-state index in [4.69, 9.17) is 0 Å². The maximum absolute atomic E-state index is 13.9. The molecule has 4 heteroatoms. The van der Waals surface area contributed by atoms with Crippen LogP contribution < -0.4 is 0 Å². The molecular formula is C36H34FNOS. The first-order chi connectivity index (χ1) is 19.5. The normalized spacial score (nSPS) is 16.5. The highest BCUT2D eigenvalue weighted by molar-refractivity contribution is 7.10. The van der Waals surface area contributed by atoms with E-state index in [-0.39, 0.29) is 11.7 Å². The quantitative estimate of drug-likeness (QED) is 0.208. The third-order valence-corrected chi connectivity index (χ3v) is 9.70. The second kappa shape index (κ2) is 11.1. The molecule has 2 heterocycles. The SMILES string of the molecule is Cc1csc(C(O)(c2ccc(F)cc2)C2CCN(C(c3ccccc3)(c3ccccc3)c3ccccc3)CC2)c1. The van der Waals surface area contributed by atoms with Gasteiger partial charge >= 0.3 is 0 Å². The average Bonchev–Trinajstić information content (AvgIpc) is 3.46. The van der Waals surface area contributed by atoms with Crippen molar-refractivity contribution in [3.8, 4) is 0 Å². The van der Waals surface area contributed by atoms with Crippen molar-refractivity contribution in [1.29, 1.82) is 0 Å². The zero-order valence-electron chi connectivity index (χ0n) is 22.7. The maximum atomic E-state index is 13.9. The van der Waals surface area contributed by atoms with E-state index in [1.54, 1.807) is 23.5 Å². The fourth-order valence-electron chi connectivity index (χ4n) is 6.63. The minimum atomic E-state index is -1.17. The van der Waals surface area contributed by atoms with Gasteiger partial charge in [-0.25, -0.2) is 4.39 Å². The molecule has 1 N–H and O–H groups in total. The number of likely N-dealkylation sites (tertiary alicyclic amines) is 1. The lowest BCUT2D eigenvalue weighted by Gasteiger charge is -2.50. The van der Waals surface area contributed by atoms with E-state index >= 15 is 0 Å². The van der Waals surface area contributed by atoms with Crippen LogP contribution in [0.4, 0.5) is 4.39 Å². The van der Waals surface area contributed by atoms with E-state index in [1.807, 2.05) is 0 Å². The van der Waals surface area contributed by atoms with Crippen molar-refractivity contribution in [2.75, 3.05) is 13.1 Å². The molecule has 6 rings (SSSR count). The van der Waals surface area contributed by atoms with Crippen molar-refractivity contribution in [3.63, 3.8) is 0 Å². The summed E-state index contributed by atoms with van der Waals surface area (Å²) in [4.78, 5) is 3.52. The lowest BCUT2D eigenvalue weighted by Crippen LogP contribution is -2.53. The standard InChI is InChI=1S/C36H34FNOS/c1-27-25-34(40-26-27)36(39,31-17-19-33(37)20-18-31)32-21-23-38(24-22-32)35(28-11-5-2-6-12-28,29-13-7-3-8-14-29)30-15-9-4-10-16-30/h2-20,25-26,32,39H,21-24H2,1H3. The summed E-state index contributed by atoms with van der Waals surface area (Å²) >= 11 is 1.59. The highest BCUT2D eigenvalue weighted by atomic mass is 32.1. The molecule has 202 valence electrons. The minimum Gasteiger partial charge on any atom is -0.379 e. The highest BCUT2D eigenvalue weighted by Crippen LogP contribution is 2.48. The molecule has 1 aliphatic rings. The van der Waals surface area contributed by atoms with Crippen LogP contribution in [0.1, 0.15) is 45.5 Å². The number of halogens is 1. The van der Waals surface area contributed by atoms with E-state index in [0.29, 0.717) is 0 Å². The van der Waals surface area contributed by atoms with Gasteiger partial charge in [0, 0.05) is 18.0 Å². The van der Waals surface area contributed by atoms with Crippen LogP contribution in [-0.4, -0.2) is 23.1 Å². The first-order valence-corrected chi connectivity index (χ1v) is 14.9. The number of rotatable bonds is 7. The predicted molar refractivity (Wildman–Crippen MR) is 162 cm³/mol. The Hall–Kier alpha value is -3.57. The summed E-state index contributed by atoms with van der Waals surface area (Å²) in [5.41, 5.74) is 3.94. The lowest BCUT2D eigenvalue weighted by molar-refractivity contribution is -0.0232. The van der Waals surface area contributed by atoms with Crippen LogP contribution >= 0.6 is 11.3 Å². The lowest BCUT2D eigenvalue weighted by atomic mass is 9.71. The van der Waals surface area contributed by atoms with Gasteiger partial charge in [0.25, 0.3) is 0 Å². The number of aliphatic hydroxyl groups is 1. The molecule has 0 amide bonds. The van der Waals surface area contributed by atoms with Crippen LogP contribution in [0.25, 0.3) is 0 Å². The third-order valence-electron chi connectivity index (χ3n) is 8.53. The number of hydrogen-bond acceptors (Lipinski definition) is 3. The molecule has 4 aromatic carbocycles. The summed E-state index contributed by atoms with van der Waals surface area (Å²) < 4.78 is 13.9. The number of nitrogens with zero attached hydrogens (tertiary/aromatic N) is 1. The fraction of sp³-hybridized carbons (Fsp3) is 0.222. The Morgan fingerprint density at radius 2 is 1.18 bits per heavy atom. The molecule has 1 aliphatic heterocycles. The van der Waals surface area contributed by atoms with E-state index in [9.17, 15) is 9.50 Å². The van der Waals surface area contributed by atoms with Gasteiger partial charge in [0.05, 0.1) is 5.54 Å². The summed E-state index contributed by atoms with van der Waals surface area (Å²) in [5, 5.41) is 14.6. The zero-order valence-corrected chi connectivity index (χ0v) is 23.5. The summed E-state index contributed by atoms with van der Waals surface area (Å²) in [6.07, 6.45) is 1.61. The number of benzene rings is 4. The molecule has 1 unspecified atom stereocenters. The Morgan fingerprint density at radius 1 is 0.700 bits per heavy atom. The maximum Gasteiger partial charge on any atom is 0.127 e. The van der Waals surface area contributed by atoms with E-state index in [1.165, 1.54) is 28.8 Å². The van der Waals surface area contributed by atoms with Crippen LogP contribution in [-0.2, 0) is 11.1 Å². The van der Waals surface area contributed by atoms with Crippen molar-refractivity contribution in [1.82, 2.24) is 4.90 Å². The molecule has 0 saturated carbocycles. The Bertz CT molecular complexity index is 1430. The van der Waals surface area contributed by atoms with Gasteiger partial charge < -0.3 is 5.11 Å². The number of aryl methyl sites for hydroxylation is 1. The highest BCUT2D eigenvalue weighted by Gasteiger charge is 2.48. The first kappa shape index (κ1) is 26.6. The van der Waals surface area contributed by atoms with Gasteiger partial charge in [-0.15, -0.1) is 11.3 Å². The smallest absolute Gasteiger partial charge is 0.127 e. The van der Waals surface area contributed by atoms with Crippen molar-refractivity contribution >= 4 is 11.3 Å². The van der Waals surface area contributed by atoms with Crippen LogP contribution in [0.5, 0.6) is 0 Å². The molecular weight excluding hydrogens is 513 g/mol. The zero-order chi connectivity index (χ0) is 27.6. The molecule has 0 radical (unpaired) electrons. The molecule has 0 bridgehead atoms. The molecule has 5 aromatic rings. The van der Waals surface area contributed by atoms with E-state index in [0.717, 1.165) is 41.9 Å². The molecule has 1 fully saturated rings. The second-order valence-electron chi connectivity index (χ2n) is 10.8. The fourth-order valence-corrected chi connectivity index (χ4v) is 7.73. The first-order valence-electron chi connectivity index (χ1n) is 14.0. The number of hydrogen-bond donors (Lipinski definition) is 1. The van der Waals surface area contributed by atoms with Crippen molar-refractivity contribution in [2.45, 2.75) is 30.9 Å². The second-order valence-corrected chi connectivity index (χ2v) is 11.7. The Kier molecular flexibility index (Phi) is 7.41. The van der Waals surface area contributed by atoms with Crippen molar-refractivity contribution in [3.05, 3.63) is 165 Å². The van der Waals surface area contributed by atoms with E-state index < -0.39 is 11.1 Å². The van der Waals surface area contributed by atoms with Gasteiger partial charge in [-0.2, -0.15) is 0 Å². The van der Waals surface area contributed by atoms with Crippen LogP contribution in [0.15, 0.2) is 127 Å². The molecule has 40 heavy (non-hydrogen) atoms. The van der Waals surface area contributed by atoms with Gasteiger partial charge in [0.15, 0.2) is 0 Å². The molecule has 0 aliphatic carbocycles. The topological polar surface area (TPSA) is 23.5 Å². The molecule has 2 nitrogen and oxygen atoms in total. The Labute approximate surface area is 240 Å². The summed E-state index contributed by atoms with van der Waals surface area (Å²) in [5.74, 6) is -0.297. The average molecular weight is 548 g/mol. The minimum absolute atomic E-state index is 0.00715. The van der Waals surface area contributed by atoms with Crippen LogP contribution in [0.3, 0.4) is 0 Å². The molecule has 1 atom stereocenters. The van der Waals surface area contributed by atoms with E-state index in [2.05, 4.69) is 114 Å². The van der Waals surface area contributed by atoms with Gasteiger partial charge in [-0.05, 0) is 77.1 Å². The van der Waals surface area contributed by atoms with Gasteiger partial charge in [-0.1, -0.05) is 103 Å². The molecule has 0 spiro atoms. The molecule has 1 aromatic heterocycles. The van der Waals surface area contributed by atoms with Crippen molar-refractivity contribution in [2.24, 2.45) is 5.92 Å². The summed E-state index contributed by atoms with van der Waals surface area (Å²) in [7, 11) is 0. The van der Waals surface area contributed by atoms with Gasteiger partial charge in [0.1, 0.15) is 11.4 Å². The summed E-state index contributed by atoms with van der Waals surface area (Å²) in [6.45, 7) is 3.66. The third kappa shape index (κ3) is 4.60. The monoisotopic (exact) mass is 547 g/mol. The predicted octanol–water partition coefficient (Wildman–Crippen LogP) is 8.14. The number of piperidine rings is 1. The van der Waals surface area contributed by atoms with Gasteiger partial charge in [-0.3, -0.25) is 4.90 Å². The largest absolute Gasteiger partial charge is 0.379 e. The number of thiophene rings is 1. The van der Waals surface area contributed by atoms with Crippen molar-refractivity contribution < 1.29 is 9.50 Å². The Balaban J connectivity index is 1.43. The van der Waals surface area contributed by atoms with Crippen LogP contribution in [0, 0.1) is 18.7 Å². The van der Waals surface area contributed by atoms with Crippen LogP contribution in [0.2, 0.25) is 0 Å². The summed E-state index contributed by atoms with van der Waals surface area (Å²) in [6, 6.07) is 40.8. The Morgan fingerprint density at radius 3 is 1.60 bits per heavy atom. The van der Waals surface area contributed by atoms with Gasteiger partial charge in [0.2, 0.25) is 0 Å². The molecule has 1 saturated heterocycles.